The van der Waals surface area contributed by atoms with E-state index in [-0.39, 0.29) is 23.8 Å². The SMILES string of the molecule is N[C@H]1CCN(C(=O)[C@@H]2C[C@@H]2c2ccc(C(F)(F)F)cc2)C1. The van der Waals surface area contributed by atoms with Gasteiger partial charge in [-0.2, -0.15) is 13.2 Å². The summed E-state index contributed by atoms with van der Waals surface area (Å²) >= 11 is 0. The van der Waals surface area contributed by atoms with E-state index in [0.29, 0.717) is 13.1 Å². The second-order valence-electron chi connectivity index (χ2n) is 5.90. The average molecular weight is 298 g/mol. The molecule has 1 amide bonds. The molecule has 3 atom stereocenters. The lowest BCUT2D eigenvalue weighted by Crippen LogP contribution is -2.33. The highest BCUT2D eigenvalue weighted by molar-refractivity contribution is 5.83. The van der Waals surface area contributed by atoms with Crippen molar-refractivity contribution in [1.29, 1.82) is 0 Å². The van der Waals surface area contributed by atoms with Crippen LogP contribution < -0.4 is 5.73 Å². The van der Waals surface area contributed by atoms with E-state index in [2.05, 4.69) is 0 Å². The lowest BCUT2D eigenvalue weighted by molar-refractivity contribution is -0.137. The number of alkyl halides is 3. The zero-order valence-electron chi connectivity index (χ0n) is 11.4. The molecule has 1 saturated carbocycles. The maximum atomic E-state index is 12.5. The normalized spacial score (nSPS) is 28.8. The molecule has 1 aromatic rings. The molecule has 2 N–H and O–H groups in total. The molecular weight excluding hydrogens is 281 g/mol. The van der Waals surface area contributed by atoms with Crippen LogP contribution >= 0.6 is 0 Å². The standard InChI is InChI=1S/C15H17F3N2O/c16-15(17,18)10-3-1-9(2-4-10)12-7-13(12)14(21)20-6-5-11(19)8-20/h1-4,11-13H,5-8,19H2/t11-,12+,13+/m0/s1. The zero-order valence-corrected chi connectivity index (χ0v) is 11.4. The van der Waals surface area contributed by atoms with Gasteiger partial charge in [0.25, 0.3) is 0 Å². The molecule has 0 radical (unpaired) electrons. The first-order valence-electron chi connectivity index (χ1n) is 7.08. The van der Waals surface area contributed by atoms with Crippen molar-refractivity contribution in [2.24, 2.45) is 11.7 Å². The summed E-state index contributed by atoms with van der Waals surface area (Å²) in [6.45, 7) is 1.28. The highest BCUT2D eigenvalue weighted by Crippen LogP contribution is 2.49. The quantitative estimate of drug-likeness (QED) is 0.911. The van der Waals surface area contributed by atoms with Crippen LogP contribution in [0, 0.1) is 5.92 Å². The summed E-state index contributed by atoms with van der Waals surface area (Å²) in [7, 11) is 0. The molecule has 114 valence electrons. The minimum atomic E-state index is -4.32. The zero-order chi connectivity index (χ0) is 15.2. The Labute approximate surface area is 120 Å². The molecule has 1 aliphatic heterocycles. The fourth-order valence-corrected chi connectivity index (χ4v) is 2.98. The molecule has 3 nitrogen and oxygen atoms in total. The highest BCUT2D eigenvalue weighted by atomic mass is 19.4. The number of nitrogens with two attached hydrogens (primary N) is 1. The van der Waals surface area contributed by atoms with Crippen molar-refractivity contribution in [3.63, 3.8) is 0 Å². The topological polar surface area (TPSA) is 46.3 Å². The smallest absolute Gasteiger partial charge is 0.341 e. The molecule has 1 aliphatic carbocycles. The summed E-state index contributed by atoms with van der Waals surface area (Å²) in [6, 6.07) is 5.19. The number of hydrogen-bond donors (Lipinski definition) is 1. The van der Waals surface area contributed by atoms with E-state index in [1.165, 1.54) is 12.1 Å². The Morgan fingerprint density at radius 3 is 2.43 bits per heavy atom. The summed E-state index contributed by atoms with van der Waals surface area (Å²) in [6.07, 6.45) is -2.78. The first kappa shape index (κ1) is 14.4. The van der Waals surface area contributed by atoms with Gasteiger partial charge in [-0.15, -0.1) is 0 Å². The molecule has 21 heavy (non-hydrogen) atoms. The second kappa shape index (κ2) is 5.02. The molecule has 2 aliphatic rings. The third-order valence-electron chi connectivity index (χ3n) is 4.31. The van der Waals surface area contributed by atoms with Crippen LogP contribution in [-0.2, 0) is 11.0 Å². The lowest BCUT2D eigenvalue weighted by atomic mass is 10.1. The van der Waals surface area contributed by atoms with E-state index in [0.717, 1.165) is 30.5 Å². The predicted molar refractivity (Wildman–Crippen MR) is 71.5 cm³/mol. The van der Waals surface area contributed by atoms with E-state index >= 15 is 0 Å². The van der Waals surface area contributed by atoms with Crippen LogP contribution in [0.1, 0.15) is 29.9 Å². The highest BCUT2D eigenvalue weighted by Gasteiger charge is 2.46. The van der Waals surface area contributed by atoms with Crippen molar-refractivity contribution >= 4 is 5.91 Å². The van der Waals surface area contributed by atoms with Crippen LogP contribution in [-0.4, -0.2) is 29.9 Å². The number of carbonyl (C=O) groups is 1. The summed E-state index contributed by atoms with van der Waals surface area (Å²) in [5.74, 6) is 0.0523. The molecule has 3 rings (SSSR count). The third kappa shape index (κ3) is 2.90. The molecule has 0 aromatic heterocycles. The van der Waals surface area contributed by atoms with Crippen molar-refractivity contribution in [3.8, 4) is 0 Å². The maximum Gasteiger partial charge on any atom is 0.416 e. The van der Waals surface area contributed by atoms with Gasteiger partial charge in [-0.3, -0.25) is 4.79 Å². The van der Waals surface area contributed by atoms with Crippen LogP contribution in [0.15, 0.2) is 24.3 Å². The van der Waals surface area contributed by atoms with Crippen molar-refractivity contribution in [1.82, 2.24) is 4.90 Å². The molecule has 1 saturated heterocycles. The number of carbonyl (C=O) groups excluding carboxylic acids is 1. The lowest BCUT2D eigenvalue weighted by Gasteiger charge is -2.15. The van der Waals surface area contributed by atoms with Gasteiger partial charge in [-0.25, -0.2) is 0 Å². The predicted octanol–water partition coefficient (Wildman–Crippen LogP) is 2.37. The number of likely N-dealkylation sites (tertiary alicyclic amines) is 1. The number of rotatable bonds is 2. The fourth-order valence-electron chi connectivity index (χ4n) is 2.98. The van der Waals surface area contributed by atoms with Crippen LogP contribution in [0.3, 0.4) is 0 Å². The number of nitrogens with zero attached hydrogens (tertiary/aromatic N) is 1. The summed E-state index contributed by atoms with van der Waals surface area (Å²) in [4.78, 5) is 14.0. The Morgan fingerprint density at radius 1 is 1.24 bits per heavy atom. The van der Waals surface area contributed by atoms with Gasteiger partial charge < -0.3 is 10.6 Å². The van der Waals surface area contributed by atoms with Gasteiger partial charge in [0.2, 0.25) is 5.91 Å². The maximum absolute atomic E-state index is 12.5. The molecule has 1 aromatic carbocycles. The average Bonchev–Trinajstić information content (AvgIpc) is 3.12. The Kier molecular flexibility index (Phi) is 3.43. The molecule has 0 spiro atoms. The Hall–Kier alpha value is -1.56. The fraction of sp³-hybridized carbons (Fsp3) is 0.533. The van der Waals surface area contributed by atoms with Gasteiger partial charge in [-0.1, -0.05) is 12.1 Å². The van der Waals surface area contributed by atoms with Crippen molar-refractivity contribution in [2.45, 2.75) is 31.0 Å². The first-order chi connectivity index (χ1) is 9.86. The molecule has 0 unspecified atom stereocenters. The first-order valence-corrected chi connectivity index (χ1v) is 7.08. The summed E-state index contributed by atoms with van der Waals surface area (Å²) in [5.41, 5.74) is 5.94. The van der Waals surface area contributed by atoms with Crippen LogP contribution in [0.2, 0.25) is 0 Å². The van der Waals surface area contributed by atoms with Gasteiger partial charge in [0.15, 0.2) is 0 Å². The van der Waals surface area contributed by atoms with Crippen molar-refractivity contribution in [2.75, 3.05) is 13.1 Å². The van der Waals surface area contributed by atoms with E-state index in [1.807, 2.05) is 0 Å². The largest absolute Gasteiger partial charge is 0.416 e. The van der Waals surface area contributed by atoms with Gasteiger partial charge in [0.05, 0.1) is 5.56 Å². The summed E-state index contributed by atoms with van der Waals surface area (Å²) in [5, 5.41) is 0. The molecule has 6 heteroatoms. The van der Waals surface area contributed by atoms with E-state index < -0.39 is 11.7 Å². The molecule has 0 bridgehead atoms. The Balaban J connectivity index is 1.64. The Bertz CT molecular complexity index is 541. The summed E-state index contributed by atoms with van der Waals surface area (Å²) < 4.78 is 37.5. The van der Waals surface area contributed by atoms with Crippen LogP contribution in [0.5, 0.6) is 0 Å². The number of halogens is 3. The number of amides is 1. The third-order valence-corrected chi connectivity index (χ3v) is 4.31. The molecular formula is C15H17F3N2O. The van der Waals surface area contributed by atoms with E-state index in [9.17, 15) is 18.0 Å². The monoisotopic (exact) mass is 298 g/mol. The van der Waals surface area contributed by atoms with E-state index in [4.69, 9.17) is 5.73 Å². The van der Waals surface area contributed by atoms with Crippen LogP contribution in [0.25, 0.3) is 0 Å². The minimum Gasteiger partial charge on any atom is -0.341 e. The Morgan fingerprint density at radius 2 is 1.90 bits per heavy atom. The van der Waals surface area contributed by atoms with Gasteiger partial charge >= 0.3 is 6.18 Å². The molecule has 1 heterocycles. The minimum absolute atomic E-state index is 0.0524. The van der Waals surface area contributed by atoms with Crippen LogP contribution in [0.4, 0.5) is 13.2 Å². The van der Waals surface area contributed by atoms with Gasteiger partial charge in [0, 0.05) is 25.0 Å². The number of hydrogen-bond acceptors (Lipinski definition) is 2. The van der Waals surface area contributed by atoms with Crippen molar-refractivity contribution in [3.05, 3.63) is 35.4 Å². The van der Waals surface area contributed by atoms with Gasteiger partial charge in [0.1, 0.15) is 0 Å². The molecule has 2 fully saturated rings. The van der Waals surface area contributed by atoms with Crippen molar-refractivity contribution < 1.29 is 18.0 Å². The number of benzene rings is 1. The van der Waals surface area contributed by atoms with E-state index in [1.54, 1.807) is 4.90 Å². The second-order valence-corrected chi connectivity index (χ2v) is 5.90. The van der Waals surface area contributed by atoms with Gasteiger partial charge in [-0.05, 0) is 36.5 Å².